The molecule has 6 nitrogen and oxygen atoms in total. The third kappa shape index (κ3) is 5.54. The number of nitrogens with zero attached hydrogens (tertiary/aromatic N) is 3. The largest absolute Gasteiger partial charge is 0.481 e. The number of hydrogen-bond donors (Lipinski definition) is 1. The Kier molecular flexibility index (Phi) is 7.50. The molecule has 0 aliphatic rings. The van der Waals surface area contributed by atoms with E-state index in [2.05, 4.69) is 15.5 Å². The number of halogens is 3. The molecule has 164 valence electrons. The van der Waals surface area contributed by atoms with Crippen molar-refractivity contribution in [3.63, 3.8) is 0 Å². The van der Waals surface area contributed by atoms with Crippen LogP contribution in [0.25, 0.3) is 0 Å². The summed E-state index contributed by atoms with van der Waals surface area (Å²) in [4.78, 5) is 12.5. The van der Waals surface area contributed by atoms with Crippen molar-refractivity contribution in [3.8, 4) is 5.75 Å². The first-order valence-electron chi connectivity index (χ1n) is 9.57. The zero-order valence-corrected chi connectivity index (χ0v) is 18.7. The maximum atomic E-state index is 13.8. The lowest BCUT2D eigenvalue weighted by molar-refractivity contribution is -0.115. The Bertz CT molecular complexity index is 1080. The lowest BCUT2D eigenvalue weighted by Gasteiger charge is -2.17. The minimum atomic E-state index is -0.838. The number of amides is 1. The molecule has 1 N–H and O–H groups in total. The molecule has 0 aliphatic carbocycles. The van der Waals surface area contributed by atoms with Crippen molar-refractivity contribution in [3.05, 3.63) is 64.9 Å². The zero-order chi connectivity index (χ0) is 22.5. The molecule has 2 aromatic carbocycles. The molecule has 0 saturated heterocycles. The molecule has 1 amide bonds. The molecule has 1 aromatic heterocycles. The van der Waals surface area contributed by atoms with Crippen molar-refractivity contribution in [1.29, 1.82) is 0 Å². The van der Waals surface area contributed by atoms with Crippen LogP contribution in [-0.2, 0) is 11.3 Å². The van der Waals surface area contributed by atoms with Crippen molar-refractivity contribution < 1.29 is 18.3 Å². The first-order chi connectivity index (χ1) is 14.8. The summed E-state index contributed by atoms with van der Waals surface area (Å²) in [5.74, 6) is -0.875. The molecule has 0 aliphatic heterocycles. The molecule has 10 heteroatoms. The monoisotopic (exact) mass is 466 g/mol. The summed E-state index contributed by atoms with van der Waals surface area (Å²) in [6.07, 6.45) is -0.431. The standard InChI is InChI=1S/C21H21ClF2N4O2S/c1-4-28-19(12(2)30-18-8-6-5-7-15(18)22)26-27-21(28)31-13(3)20(29)25-17-10-9-14(23)11-16(17)24/h5-13H,4H2,1-3H3,(H,25,29). The van der Waals surface area contributed by atoms with Gasteiger partial charge in [-0.25, -0.2) is 8.78 Å². The molecule has 3 aromatic rings. The highest BCUT2D eigenvalue weighted by molar-refractivity contribution is 8.00. The Balaban J connectivity index is 1.71. The van der Waals surface area contributed by atoms with Crippen LogP contribution in [-0.4, -0.2) is 25.9 Å². The Morgan fingerprint density at radius 1 is 1.23 bits per heavy atom. The predicted molar refractivity (Wildman–Crippen MR) is 116 cm³/mol. The maximum Gasteiger partial charge on any atom is 0.237 e. The summed E-state index contributed by atoms with van der Waals surface area (Å²) < 4.78 is 34.6. The van der Waals surface area contributed by atoms with Crippen LogP contribution in [0.2, 0.25) is 5.02 Å². The Hall–Kier alpha value is -2.65. The van der Waals surface area contributed by atoms with E-state index in [0.717, 1.165) is 6.07 Å². The fraction of sp³-hybridized carbons (Fsp3) is 0.286. The number of aromatic nitrogens is 3. The molecule has 0 radical (unpaired) electrons. The molecule has 31 heavy (non-hydrogen) atoms. The molecule has 3 rings (SSSR count). The number of anilines is 1. The molecule has 2 atom stereocenters. The first-order valence-corrected chi connectivity index (χ1v) is 10.8. The van der Waals surface area contributed by atoms with Gasteiger partial charge in [-0.2, -0.15) is 0 Å². The van der Waals surface area contributed by atoms with Crippen molar-refractivity contribution in [2.75, 3.05) is 5.32 Å². The highest BCUT2D eigenvalue weighted by Crippen LogP contribution is 2.30. The van der Waals surface area contributed by atoms with Gasteiger partial charge in [-0.1, -0.05) is 35.5 Å². The summed E-state index contributed by atoms with van der Waals surface area (Å²) in [5, 5.41) is 11.3. The van der Waals surface area contributed by atoms with Gasteiger partial charge in [0.2, 0.25) is 5.91 Å². The number of thioether (sulfide) groups is 1. The van der Waals surface area contributed by atoms with Crippen LogP contribution in [0.3, 0.4) is 0 Å². The fourth-order valence-corrected chi connectivity index (χ4v) is 3.91. The van der Waals surface area contributed by atoms with Gasteiger partial charge < -0.3 is 14.6 Å². The van der Waals surface area contributed by atoms with Crippen molar-refractivity contribution in [2.45, 2.75) is 43.8 Å². The second kappa shape index (κ2) is 10.1. The molecular weight excluding hydrogens is 446 g/mol. The Morgan fingerprint density at radius 3 is 2.65 bits per heavy atom. The Morgan fingerprint density at radius 2 is 1.97 bits per heavy atom. The third-order valence-corrected chi connectivity index (χ3v) is 5.80. The van der Waals surface area contributed by atoms with Crippen molar-refractivity contribution in [2.24, 2.45) is 0 Å². The SMILES string of the molecule is CCn1c(SC(C)C(=O)Nc2ccc(F)cc2F)nnc1C(C)Oc1ccccc1Cl. The van der Waals surface area contributed by atoms with Gasteiger partial charge in [0, 0.05) is 12.6 Å². The van der Waals surface area contributed by atoms with E-state index in [1.165, 1.54) is 17.8 Å². The number of rotatable bonds is 8. The van der Waals surface area contributed by atoms with Crippen LogP contribution in [0.5, 0.6) is 5.75 Å². The molecule has 0 bridgehead atoms. The molecule has 0 saturated carbocycles. The topological polar surface area (TPSA) is 69.0 Å². The smallest absolute Gasteiger partial charge is 0.237 e. The van der Waals surface area contributed by atoms with Gasteiger partial charge in [0.15, 0.2) is 17.1 Å². The van der Waals surface area contributed by atoms with Crippen LogP contribution in [0.15, 0.2) is 47.6 Å². The van der Waals surface area contributed by atoms with Crippen LogP contribution in [0, 0.1) is 11.6 Å². The quantitative estimate of drug-likeness (QED) is 0.444. The van der Waals surface area contributed by atoms with Gasteiger partial charge in [0.05, 0.1) is 16.0 Å². The Labute approximate surface area is 188 Å². The number of ether oxygens (including phenoxy) is 1. The van der Waals surface area contributed by atoms with E-state index in [4.69, 9.17) is 16.3 Å². The fourth-order valence-electron chi connectivity index (χ4n) is 2.81. The number of carbonyl (C=O) groups excluding carboxylic acids is 1. The van der Waals surface area contributed by atoms with Gasteiger partial charge in [-0.05, 0) is 45.0 Å². The van der Waals surface area contributed by atoms with Gasteiger partial charge in [0.1, 0.15) is 17.4 Å². The van der Waals surface area contributed by atoms with E-state index < -0.39 is 28.9 Å². The summed E-state index contributed by atoms with van der Waals surface area (Å²) in [6, 6.07) is 10.1. The van der Waals surface area contributed by atoms with E-state index in [1.54, 1.807) is 19.1 Å². The third-order valence-electron chi connectivity index (χ3n) is 4.41. The van der Waals surface area contributed by atoms with Crippen molar-refractivity contribution in [1.82, 2.24) is 14.8 Å². The summed E-state index contributed by atoms with van der Waals surface area (Å²) in [5.41, 5.74) is -0.0849. The molecule has 2 unspecified atom stereocenters. The predicted octanol–water partition coefficient (Wildman–Crippen LogP) is 5.49. The average Bonchev–Trinajstić information content (AvgIpc) is 3.14. The van der Waals surface area contributed by atoms with Crippen molar-refractivity contribution >= 4 is 35.0 Å². The number of nitrogens with one attached hydrogen (secondary N) is 1. The maximum absolute atomic E-state index is 13.8. The van der Waals surface area contributed by atoms with Crippen LogP contribution < -0.4 is 10.1 Å². The number of hydrogen-bond acceptors (Lipinski definition) is 5. The highest BCUT2D eigenvalue weighted by Gasteiger charge is 2.23. The zero-order valence-electron chi connectivity index (χ0n) is 17.1. The van der Waals surface area contributed by atoms with E-state index in [-0.39, 0.29) is 5.69 Å². The summed E-state index contributed by atoms with van der Waals surface area (Å²) >= 11 is 7.34. The number of carbonyl (C=O) groups is 1. The van der Waals surface area contributed by atoms with E-state index in [0.29, 0.717) is 34.4 Å². The number of para-hydroxylation sites is 1. The summed E-state index contributed by atoms with van der Waals surface area (Å²) in [7, 11) is 0. The second-order valence-electron chi connectivity index (χ2n) is 6.65. The first kappa shape index (κ1) is 23.0. The summed E-state index contributed by atoms with van der Waals surface area (Å²) in [6.45, 7) is 5.99. The molecule has 0 spiro atoms. The molecule has 0 fully saturated rings. The van der Waals surface area contributed by atoms with Crippen LogP contribution >= 0.6 is 23.4 Å². The minimum absolute atomic E-state index is 0.0849. The minimum Gasteiger partial charge on any atom is -0.481 e. The van der Waals surface area contributed by atoms with E-state index in [1.807, 2.05) is 30.5 Å². The lowest BCUT2D eigenvalue weighted by Crippen LogP contribution is -2.23. The van der Waals surface area contributed by atoms with E-state index >= 15 is 0 Å². The van der Waals surface area contributed by atoms with Gasteiger partial charge in [-0.15, -0.1) is 10.2 Å². The highest BCUT2D eigenvalue weighted by atomic mass is 35.5. The van der Waals surface area contributed by atoms with Gasteiger partial charge in [-0.3, -0.25) is 4.79 Å². The number of benzene rings is 2. The second-order valence-corrected chi connectivity index (χ2v) is 8.36. The molecule has 1 heterocycles. The molecular formula is C21H21ClF2N4O2S. The van der Waals surface area contributed by atoms with Gasteiger partial charge in [0.25, 0.3) is 0 Å². The lowest BCUT2D eigenvalue weighted by atomic mass is 10.3. The normalized spacial score (nSPS) is 13.0. The average molecular weight is 467 g/mol. The van der Waals surface area contributed by atoms with E-state index in [9.17, 15) is 13.6 Å². The van der Waals surface area contributed by atoms with Crippen LogP contribution in [0.1, 0.15) is 32.7 Å². The van der Waals surface area contributed by atoms with Gasteiger partial charge >= 0.3 is 0 Å². The van der Waals surface area contributed by atoms with Crippen LogP contribution in [0.4, 0.5) is 14.5 Å².